The van der Waals surface area contributed by atoms with Gasteiger partial charge in [0.15, 0.2) is 5.69 Å². The summed E-state index contributed by atoms with van der Waals surface area (Å²) in [6.07, 6.45) is 0. The average molecular weight is 565 g/mol. The van der Waals surface area contributed by atoms with Crippen molar-refractivity contribution in [3.05, 3.63) is 89.4 Å². The van der Waals surface area contributed by atoms with Crippen LogP contribution in [0, 0.1) is 5.82 Å². The molecule has 0 aliphatic rings. The van der Waals surface area contributed by atoms with Gasteiger partial charge in [-0.2, -0.15) is 5.10 Å². The lowest BCUT2D eigenvalue weighted by Gasteiger charge is -2.28. The van der Waals surface area contributed by atoms with E-state index in [-0.39, 0.29) is 27.2 Å². The van der Waals surface area contributed by atoms with E-state index in [1.807, 2.05) is 41.5 Å². The van der Waals surface area contributed by atoms with E-state index < -0.39 is 21.7 Å². The molecule has 0 saturated heterocycles. The van der Waals surface area contributed by atoms with Crippen molar-refractivity contribution in [3.63, 3.8) is 0 Å². The summed E-state index contributed by atoms with van der Waals surface area (Å²) in [6.45, 7) is 11.9. The standard InChI is InChI=1S/C30H33FN4O4S/c1-29(2,3)23-15-20(16-24(27(23)36)30(4,5)6)33-28(37)25-17-26(18-7-9-19(31)10-8-18)35(34-25)21-11-13-22(14-12-21)40(32,38)39/h7-17,36H,1-6H3,(H,33,37)(H2,32,38,39). The van der Waals surface area contributed by atoms with Gasteiger partial charge < -0.3 is 10.4 Å². The fraction of sp³-hybridized carbons (Fsp3) is 0.267. The number of anilines is 1. The van der Waals surface area contributed by atoms with Crippen LogP contribution in [0.25, 0.3) is 16.9 Å². The second kappa shape index (κ2) is 10.2. The Morgan fingerprint density at radius 3 is 1.90 bits per heavy atom. The summed E-state index contributed by atoms with van der Waals surface area (Å²) < 4.78 is 38.5. The van der Waals surface area contributed by atoms with Crippen molar-refractivity contribution in [1.82, 2.24) is 9.78 Å². The number of benzene rings is 3. The number of carbonyl (C=O) groups excluding carboxylic acids is 1. The zero-order chi connectivity index (χ0) is 29.6. The number of hydrogen-bond acceptors (Lipinski definition) is 5. The lowest BCUT2D eigenvalue weighted by atomic mass is 9.79. The summed E-state index contributed by atoms with van der Waals surface area (Å²) in [5, 5.41) is 23.7. The van der Waals surface area contributed by atoms with Crippen molar-refractivity contribution in [2.75, 3.05) is 5.32 Å². The van der Waals surface area contributed by atoms with Gasteiger partial charge in [-0.1, -0.05) is 41.5 Å². The molecule has 8 nitrogen and oxygen atoms in total. The SMILES string of the molecule is CC(C)(C)c1cc(NC(=O)c2cc(-c3ccc(F)cc3)n(-c3ccc(S(N)(=O)=O)cc3)n2)cc(C(C)(C)C)c1O. The van der Waals surface area contributed by atoms with Crippen LogP contribution in [0.2, 0.25) is 0 Å². The van der Waals surface area contributed by atoms with Crippen LogP contribution in [0.5, 0.6) is 5.75 Å². The second-order valence-corrected chi connectivity index (χ2v) is 13.3. The Hall–Kier alpha value is -4.02. The fourth-order valence-electron chi connectivity index (χ4n) is 4.34. The fourth-order valence-corrected chi connectivity index (χ4v) is 4.85. The average Bonchev–Trinajstić information content (AvgIpc) is 3.29. The number of sulfonamides is 1. The predicted octanol–water partition coefficient (Wildman–Crippen LogP) is 5.88. The van der Waals surface area contributed by atoms with E-state index in [9.17, 15) is 22.7 Å². The quantitative estimate of drug-likeness (QED) is 0.261. The van der Waals surface area contributed by atoms with E-state index in [1.54, 1.807) is 30.3 Å². The maximum Gasteiger partial charge on any atom is 0.276 e. The molecule has 210 valence electrons. The van der Waals surface area contributed by atoms with Crippen molar-refractivity contribution in [3.8, 4) is 22.7 Å². The molecule has 0 spiro atoms. The van der Waals surface area contributed by atoms with Crippen molar-refractivity contribution in [2.24, 2.45) is 5.14 Å². The van der Waals surface area contributed by atoms with E-state index in [1.165, 1.54) is 41.1 Å². The van der Waals surface area contributed by atoms with E-state index >= 15 is 0 Å². The minimum absolute atomic E-state index is 0.0682. The van der Waals surface area contributed by atoms with Crippen LogP contribution in [-0.4, -0.2) is 29.2 Å². The Morgan fingerprint density at radius 1 is 0.900 bits per heavy atom. The highest BCUT2D eigenvalue weighted by atomic mass is 32.2. The third-order valence-corrected chi connectivity index (χ3v) is 7.40. The maximum atomic E-state index is 13.6. The number of nitrogens with two attached hydrogens (primary N) is 1. The zero-order valence-corrected chi connectivity index (χ0v) is 24.1. The number of hydrogen-bond donors (Lipinski definition) is 3. The largest absolute Gasteiger partial charge is 0.507 e. The number of halogens is 1. The van der Waals surface area contributed by atoms with Crippen LogP contribution in [-0.2, 0) is 20.9 Å². The topological polar surface area (TPSA) is 127 Å². The molecule has 0 bridgehead atoms. The molecule has 0 aliphatic heterocycles. The Bertz CT molecular complexity index is 1640. The van der Waals surface area contributed by atoms with Crippen molar-refractivity contribution < 1.29 is 22.7 Å². The predicted molar refractivity (Wildman–Crippen MR) is 154 cm³/mol. The van der Waals surface area contributed by atoms with E-state index in [0.29, 0.717) is 33.8 Å². The first-order valence-corrected chi connectivity index (χ1v) is 14.2. The first-order chi connectivity index (χ1) is 18.4. The summed E-state index contributed by atoms with van der Waals surface area (Å²) in [5.74, 6) is -0.709. The minimum Gasteiger partial charge on any atom is -0.507 e. The third kappa shape index (κ3) is 6.08. The molecule has 40 heavy (non-hydrogen) atoms. The molecular formula is C30H33FN4O4S. The highest BCUT2D eigenvalue weighted by Gasteiger charge is 2.27. The van der Waals surface area contributed by atoms with Crippen molar-refractivity contribution >= 4 is 21.6 Å². The smallest absolute Gasteiger partial charge is 0.276 e. The highest BCUT2D eigenvalue weighted by molar-refractivity contribution is 7.89. The van der Waals surface area contributed by atoms with Crippen LogP contribution >= 0.6 is 0 Å². The molecule has 4 rings (SSSR count). The molecule has 0 unspecified atom stereocenters. The summed E-state index contributed by atoms with van der Waals surface area (Å²) in [4.78, 5) is 13.4. The molecule has 4 N–H and O–H groups in total. The lowest BCUT2D eigenvalue weighted by molar-refractivity contribution is 0.102. The van der Waals surface area contributed by atoms with Crippen LogP contribution in [0.1, 0.15) is 63.2 Å². The van der Waals surface area contributed by atoms with E-state index in [2.05, 4.69) is 10.4 Å². The Labute approximate surface area is 233 Å². The number of aromatic hydroxyl groups is 1. The second-order valence-electron chi connectivity index (χ2n) is 11.7. The molecule has 1 aromatic heterocycles. The van der Waals surface area contributed by atoms with Gasteiger partial charge in [0.1, 0.15) is 11.6 Å². The van der Waals surface area contributed by atoms with Crippen LogP contribution in [0.3, 0.4) is 0 Å². The molecule has 1 heterocycles. The maximum absolute atomic E-state index is 13.6. The lowest BCUT2D eigenvalue weighted by Crippen LogP contribution is -2.19. The molecular weight excluding hydrogens is 531 g/mol. The molecule has 0 radical (unpaired) electrons. The summed E-state index contributed by atoms with van der Waals surface area (Å²) in [5.41, 5.74) is 2.77. The third-order valence-electron chi connectivity index (χ3n) is 6.48. The molecule has 0 aliphatic carbocycles. The normalized spacial score (nSPS) is 12.4. The van der Waals surface area contributed by atoms with Crippen LogP contribution in [0.4, 0.5) is 10.1 Å². The number of rotatable bonds is 5. The Balaban J connectivity index is 1.79. The summed E-state index contributed by atoms with van der Waals surface area (Å²) >= 11 is 0. The summed E-state index contributed by atoms with van der Waals surface area (Å²) in [7, 11) is -3.90. The molecule has 10 heteroatoms. The van der Waals surface area contributed by atoms with Crippen LogP contribution in [0.15, 0.2) is 71.6 Å². The molecule has 0 saturated carbocycles. The highest BCUT2D eigenvalue weighted by Crippen LogP contribution is 2.41. The van der Waals surface area contributed by atoms with Crippen molar-refractivity contribution in [1.29, 1.82) is 0 Å². The van der Waals surface area contributed by atoms with Gasteiger partial charge in [-0.25, -0.2) is 22.6 Å². The molecule has 3 aromatic carbocycles. The van der Waals surface area contributed by atoms with Crippen molar-refractivity contribution in [2.45, 2.75) is 57.3 Å². The Morgan fingerprint density at radius 2 is 1.43 bits per heavy atom. The molecule has 0 fully saturated rings. The summed E-state index contributed by atoms with van der Waals surface area (Å²) in [6, 6.07) is 16.6. The number of carbonyl (C=O) groups is 1. The van der Waals surface area contributed by atoms with Crippen LogP contribution < -0.4 is 10.5 Å². The van der Waals surface area contributed by atoms with Gasteiger partial charge >= 0.3 is 0 Å². The van der Waals surface area contributed by atoms with Gasteiger partial charge in [0, 0.05) is 22.4 Å². The first-order valence-electron chi connectivity index (χ1n) is 12.6. The number of phenols is 1. The number of nitrogens with zero attached hydrogens (tertiary/aromatic N) is 2. The number of amides is 1. The van der Waals surface area contributed by atoms with Gasteiger partial charge in [0.2, 0.25) is 10.0 Å². The van der Waals surface area contributed by atoms with Gasteiger partial charge in [-0.15, -0.1) is 0 Å². The first kappa shape index (κ1) is 29.0. The Kier molecular flexibility index (Phi) is 7.38. The number of phenolic OH excluding ortho intramolecular Hbond substituents is 1. The van der Waals surface area contributed by atoms with Gasteiger partial charge in [-0.05, 0) is 77.6 Å². The van der Waals surface area contributed by atoms with E-state index in [0.717, 1.165) is 0 Å². The number of aromatic nitrogens is 2. The minimum atomic E-state index is -3.90. The molecule has 0 atom stereocenters. The number of nitrogens with one attached hydrogen (secondary N) is 1. The zero-order valence-electron chi connectivity index (χ0n) is 23.3. The number of primary sulfonamides is 1. The molecule has 4 aromatic rings. The molecule has 1 amide bonds. The van der Waals surface area contributed by atoms with Gasteiger partial charge in [-0.3, -0.25) is 4.79 Å². The monoisotopic (exact) mass is 564 g/mol. The van der Waals surface area contributed by atoms with Gasteiger partial charge in [0.05, 0.1) is 16.3 Å². The van der Waals surface area contributed by atoms with Gasteiger partial charge in [0.25, 0.3) is 5.91 Å². The van der Waals surface area contributed by atoms with E-state index in [4.69, 9.17) is 5.14 Å².